The lowest BCUT2D eigenvalue weighted by atomic mass is 9.95. The van der Waals surface area contributed by atoms with Gasteiger partial charge in [0.15, 0.2) is 0 Å². The molecule has 2 rings (SSSR count). The summed E-state index contributed by atoms with van der Waals surface area (Å²) in [5.41, 5.74) is 1.23. The maximum absolute atomic E-state index is 3.93. The SMILES string of the molecule is c1cc(CCNC2CCCCC2)[nH]n1. The highest BCUT2D eigenvalue weighted by Crippen LogP contribution is 2.17. The van der Waals surface area contributed by atoms with Crippen LogP contribution in [-0.2, 0) is 6.42 Å². The predicted molar refractivity (Wildman–Crippen MR) is 57.2 cm³/mol. The third-order valence-corrected chi connectivity index (χ3v) is 2.99. The summed E-state index contributed by atoms with van der Waals surface area (Å²) in [5, 5.41) is 10.5. The van der Waals surface area contributed by atoms with E-state index in [-0.39, 0.29) is 0 Å². The monoisotopic (exact) mass is 193 g/mol. The van der Waals surface area contributed by atoms with Crippen LogP contribution in [0.15, 0.2) is 12.3 Å². The summed E-state index contributed by atoms with van der Waals surface area (Å²) in [6.07, 6.45) is 9.85. The number of aromatic nitrogens is 2. The van der Waals surface area contributed by atoms with E-state index in [2.05, 4.69) is 15.5 Å². The van der Waals surface area contributed by atoms with Gasteiger partial charge in [0.25, 0.3) is 0 Å². The second-order valence-corrected chi connectivity index (χ2v) is 4.12. The van der Waals surface area contributed by atoms with E-state index in [1.165, 1.54) is 37.8 Å². The van der Waals surface area contributed by atoms with Gasteiger partial charge in [-0.25, -0.2) is 0 Å². The zero-order valence-corrected chi connectivity index (χ0v) is 8.63. The average Bonchev–Trinajstić information content (AvgIpc) is 2.72. The first-order valence-corrected chi connectivity index (χ1v) is 5.67. The molecule has 1 fully saturated rings. The van der Waals surface area contributed by atoms with Crippen molar-refractivity contribution in [1.82, 2.24) is 15.5 Å². The van der Waals surface area contributed by atoms with Gasteiger partial charge in [0.2, 0.25) is 0 Å². The number of nitrogens with one attached hydrogen (secondary N) is 2. The fourth-order valence-corrected chi connectivity index (χ4v) is 2.14. The summed E-state index contributed by atoms with van der Waals surface area (Å²) in [6.45, 7) is 1.08. The van der Waals surface area contributed by atoms with E-state index < -0.39 is 0 Å². The molecule has 1 heterocycles. The molecule has 1 aromatic rings. The normalized spacial score (nSPS) is 18.6. The Kier molecular flexibility index (Phi) is 3.57. The largest absolute Gasteiger partial charge is 0.314 e. The highest BCUT2D eigenvalue weighted by molar-refractivity contribution is 4.97. The van der Waals surface area contributed by atoms with Crippen molar-refractivity contribution in [3.8, 4) is 0 Å². The van der Waals surface area contributed by atoms with Crippen LogP contribution in [-0.4, -0.2) is 22.8 Å². The van der Waals surface area contributed by atoms with Crippen molar-refractivity contribution in [3.05, 3.63) is 18.0 Å². The van der Waals surface area contributed by atoms with E-state index >= 15 is 0 Å². The summed E-state index contributed by atoms with van der Waals surface area (Å²) < 4.78 is 0. The molecule has 0 amide bonds. The Labute approximate surface area is 85.3 Å². The van der Waals surface area contributed by atoms with Gasteiger partial charge < -0.3 is 5.32 Å². The van der Waals surface area contributed by atoms with Gasteiger partial charge in [-0.3, -0.25) is 5.10 Å². The van der Waals surface area contributed by atoms with Gasteiger partial charge in [0, 0.05) is 30.9 Å². The van der Waals surface area contributed by atoms with Crippen molar-refractivity contribution < 1.29 is 0 Å². The molecule has 1 aromatic heterocycles. The summed E-state index contributed by atoms with van der Waals surface area (Å²) in [4.78, 5) is 0. The zero-order valence-electron chi connectivity index (χ0n) is 8.63. The molecule has 0 aromatic carbocycles. The molecule has 0 radical (unpaired) electrons. The number of hydrogen-bond donors (Lipinski definition) is 2. The number of H-pyrrole nitrogens is 1. The van der Waals surface area contributed by atoms with Gasteiger partial charge in [-0.2, -0.15) is 5.10 Å². The van der Waals surface area contributed by atoms with Crippen LogP contribution in [0.5, 0.6) is 0 Å². The minimum atomic E-state index is 0.770. The number of rotatable bonds is 4. The van der Waals surface area contributed by atoms with Crippen molar-refractivity contribution in [2.24, 2.45) is 0 Å². The second kappa shape index (κ2) is 5.15. The lowest BCUT2D eigenvalue weighted by molar-refractivity contribution is 0.375. The molecule has 0 bridgehead atoms. The highest BCUT2D eigenvalue weighted by atomic mass is 15.1. The fraction of sp³-hybridized carbons (Fsp3) is 0.727. The third kappa shape index (κ3) is 2.84. The van der Waals surface area contributed by atoms with Crippen molar-refractivity contribution in [2.75, 3.05) is 6.54 Å². The lowest BCUT2D eigenvalue weighted by Crippen LogP contribution is -2.32. The van der Waals surface area contributed by atoms with Gasteiger partial charge in [-0.1, -0.05) is 19.3 Å². The van der Waals surface area contributed by atoms with Crippen LogP contribution >= 0.6 is 0 Å². The molecule has 3 nitrogen and oxygen atoms in total. The topological polar surface area (TPSA) is 40.7 Å². The Hall–Kier alpha value is -0.830. The molecule has 3 heteroatoms. The maximum atomic E-state index is 3.93. The Balaban J connectivity index is 1.62. The van der Waals surface area contributed by atoms with Crippen LogP contribution in [0, 0.1) is 0 Å². The fourth-order valence-electron chi connectivity index (χ4n) is 2.14. The lowest BCUT2D eigenvalue weighted by Gasteiger charge is -2.22. The maximum Gasteiger partial charge on any atom is 0.0490 e. The molecule has 1 saturated carbocycles. The number of aromatic amines is 1. The standard InChI is InChI=1S/C11H19N3/c1-2-4-10(5-3-1)12-8-6-11-7-9-13-14-11/h7,9-10,12H,1-6,8H2,(H,13,14). The van der Waals surface area contributed by atoms with Crippen LogP contribution in [0.25, 0.3) is 0 Å². The molecule has 0 aliphatic heterocycles. The summed E-state index contributed by atoms with van der Waals surface area (Å²) >= 11 is 0. The van der Waals surface area contributed by atoms with Crippen LogP contribution in [0.2, 0.25) is 0 Å². The first kappa shape index (κ1) is 9.71. The van der Waals surface area contributed by atoms with Crippen molar-refractivity contribution in [1.29, 1.82) is 0 Å². The zero-order chi connectivity index (χ0) is 9.64. The molecule has 78 valence electrons. The molecule has 2 N–H and O–H groups in total. The minimum absolute atomic E-state index is 0.770. The summed E-state index contributed by atoms with van der Waals surface area (Å²) in [7, 11) is 0. The Morgan fingerprint density at radius 2 is 2.21 bits per heavy atom. The Morgan fingerprint density at radius 3 is 2.93 bits per heavy atom. The van der Waals surface area contributed by atoms with E-state index in [0.717, 1.165) is 19.0 Å². The van der Waals surface area contributed by atoms with E-state index in [9.17, 15) is 0 Å². The average molecular weight is 193 g/mol. The molecular formula is C11H19N3. The second-order valence-electron chi connectivity index (χ2n) is 4.12. The molecule has 0 atom stereocenters. The molecule has 0 saturated heterocycles. The molecule has 1 aliphatic rings. The van der Waals surface area contributed by atoms with Crippen LogP contribution in [0.1, 0.15) is 37.8 Å². The van der Waals surface area contributed by atoms with E-state index in [0.29, 0.717) is 0 Å². The molecule has 0 unspecified atom stereocenters. The van der Waals surface area contributed by atoms with Gasteiger partial charge in [0.05, 0.1) is 0 Å². The number of hydrogen-bond acceptors (Lipinski definition) is 2. The van der Waals surface area contributed by atoms with Gasteiger partial charge >= 0.3 is 0 Å². The quantitative estimate of drug-likeness (QED) is 0.766. The van der Waals surface area contributed by atoms with Crippen LogP contribution < -0.4 is 5.32 Å². The van der Waals surface area contributed by atoms with E-state index in [1.54, 1.807) is 0 Å². The van der Waals surface area contributed by atoms with Crippen LogP contribution in [0.3, 0.4) is 0 Å². The minimum Gasteiger partial charge on any atom is -0.314 e. The van der Waals surface area contributed by atoms with Gasteiger partial charge in [-0.05, 0) is 18.9 Å². The van der Waals surface area contributed by atoms with Crippen molar-refractivity contribution in [3.63, 3.8) is 0 Å². The first-order chi connectivity index (χ1) is 6.95. The van der Waals surface area contributed by atoms with E-state index in [1.807, 2.05) is 12.3 Å². The summed E-state index contributed by atoms with van der Waals surface area (Å²) in [6, 6.07) is 2.81. The van der Waals surface area contributed by atoms with Crippen LogP contribution in [0.4, 0.5) is 0 Å². The molecule has 14 heavy (non-hydrogen) atoms. The first-order valence-electron chi connectivity index (χ1n) is 5.67. The van der Waals surface area contributed by atoms with Crippen molar-refractivity contribution in [2.45, 2.75) is 44.6 Å². The third-order valence-electron chi connectivity index (χ3n) is 2.99. The van der Waals surface area contributed by atoms with E-state index in [4.69, 9.17) is 0 Å². The smallest absolute Gasteiger partial charge is 0.0490 e. The highest BCUT2D eigenvalue weighted by Gasteiger charge is 2.11. The Morgan fingerprint density at radius 1 is 1.36 bits per heavy atom. The molecule has 0 spiro atoms. The predicted octanol–water partition coefficient (Wildman–Crippen LogP) is 1.87. The van der Waals surface area contributed by atoms with Crippen molar-refractivity contribution >= 4 is 0 Å². The number of nitrogens with zero attached hydrogens (tertiary/aromatic N) is 1. The van der Waals surface area contributed by atoms with Gasteiger partial charge in [0.1, 0.15) is 0 Å². The molecule has 1 aliphatic carbocycles. The van der Waals surface area contributed by atoms with Gasteiger partial charge in [-0.15, -0.1) is 0 Å². The summed E-state index contributed by atoms with van der Waals surface area (Å²) in [5.74, 6) is 0. The Bertz CT molecular complexity index is 237. The molecular weight excluding hydrogens is 174 g/mol.